The first-order chi connectivity index (χ1) is 9.00. The van der Waals surface area contributed by atoms with E-state index in [1.807, 2.05) is 31.2 Å². The van der Waals surface area contributed by atoms with Crippen LogP contribution in [0.25, 0.3) is 0 Å². The zero-order valence-electron chi connectivity index (χ0n) is 11.9. The molecule has 1 aromatic carbocycles. The van der Waals surface area contributed by atoms with Gasteiger partial charge in [-0.05, 0) is 25.3 Å². The number of hydrogen-bond donors (Lipinski definition) is 0. The zero-order valence-corrected chi connectivity index (χ0v) is 11.9. The van der Waals surface area contributed by atoms with Crippen molar-refractivity contribution in [3.63, 3.8) is 0 Å². The van der Waals surface area contributed by atoms with Gasteiger partial charge < -0.3 is 9.47 Å². The fourth-order valence-corrected chi connectivity index (χ4v) is 2.20. The van der Waals surface area contributed by atoms with E-state index in [0.29, 0.717) is 6.42 Å². The molecule has 0 saturated heterocycles. The van der Waals surface area contributed by atoms with E-state index in [0.717, 1.165) is 11.1 Å². The van der Waals surface area contributed by atoms with Crippen LogP contribution >= 0.6 is 0 Å². The lowest BCUT2D eigenvalue weighted by molar-refractivity contribution is -0.169. The average molecular weight is 264 g/mol. The Morgan fingerprint density at radius 2 is 1.74 bits per heavy atom. The summed E-state index contributed by atoms with van der Waals surface area (Å²) in [5, 5.41) is 0. The van der Waals surface area contributed by atoms with Crippen molar-refractivity contribution < 1.29 is 19.1 Å². The standard InChI is InChI=1S/C15H20O4/c1-5-15(13(16)18-3,14(17)19-4)10-12-8-6-7-11(2)9-12/h6-9H,5,10H2,1-4H3. The molecule has 0 fully saturated rings. The van der Waals surface area contributed by atoms with E-state index in [1.165, 1.54) is 14.2 Å². The summed E-state index contributed by atoms with van der Waals surface area (Å²) in [6, 6.07) is 7.71. The fraction of sp³-hybridized carbons (Fsp3) is 0.467. The number of ether oxygens (including phenoxy) is 2. The molecule has 0 amide bonds. The Labute approximate surface area is 113 Å². The predicted octanol–water partition coefficient (Wildman–Crippen LogP) is 2.28. The monoisotopic (exact) mass is 264 g/mol. The highest BCUT2D eigenvalue weighted by molar-refractivity contribution is 6.00. The molecule has 0 aliphatic rings. The quantitative estimate of drug-likeness (QED) is 0.605. The van der Waals surface area contributed by atoms with Crippen molar-refractivity contribution in [2.24, 2.45) is 5.41 Å². The van der Waals surface area contributed by atoms with Gasteiger partial charge in [0.25, 0.3) is 0 Å². The second-order valence-corrected chi connectivity index (χ2v) is 4.58. The summed E-state index contributed by atoms with van der Waals surface area (Å²) in [5.74, 6) is -1.10. The molecular weight excluding hydrogens is 244 g/mol. The topological polar surface area (TPSA) is 52.6 Å². The van der Waals surface area contributed by atoms with Gasteiger partial charge in [0.1, 0.15) is 0 Å². The smallest absolute Gasteiger partial charge is 0.323 e. The number of hydrogen-bond acceptors (Lipinski definition) is 4. The SMILES string of the molecule is CCC(Cc1cccc(C)c1)(C(=O)OC)C(=O)OC. The maximum absolute atomic E-state index is 12.0. The Bertz CT molecular complexity index is 449. The molecule has 0 atom stereocenters. The van der Waals surface area contributed by atoms with Gasteiger partial charge in [-0.25, -0.2) is 0 Å². The number of carbonyl (C=O) groups is 2. The van der Waals surface area contributed by atoms with Crippen molar-refractivity contribution in [2.75, 3.05) is 14.2 Å². The third kappa shape index (κ3) is 3.13. The van der Waals surface area contributed by atoms with E-state index < -0.39 is 17.4 Å². The van der Waals surface area contributed by atoms with Crippen molar-refractivity contribution in [3.8, 4) is 0 Å². The van der Waals surface area contributed by atoms with E-state index in [4.69, 9.17) is 9.47 Å². The highest BCUT2D eigenvalue weighted by Crippen LogP contribution is 2.30. The first kappa shape index (κ1) is 15.2. The number of esters is 2. The van der Waals surface area contributed by atoms with Gasteiger partial charge in [-0.3, -0.25) is 9.59 Å². The molecule has 0 aromatic heterocycles. The predicted molar refractivity (Wildman–Crippen MR) is 71.6 cm³/mol. The third-order valence-corrected chi connectivity index (χ3v) is 3.34. The van der Waals surface area contributed by atoms with Crippen LogP contribution in [-0.4, -0.2) is 26.2 Å². The Morgan fingerprint density at radius 3 is 2.16 bits per heavy atom. The largest absolute Gasteiger partial charge is 0.468 e. The normalized spacial score (nSPS) is 10.9. The fourth-order valence-electron chi connectivity index (χ4n) is 2.20. The van der Waals surface area contributed by atoms with Gasteiger partial charge in [0.05, 0.1) is 14.2 Å². The van der Waals surface area contributed by atoms with E-state index in [2.05, 4.69) is 0 Å². The number of methoxy groups -OCH3 is 2. The molecule has 4 heteroatoms. The second kappa shape index (κ2) is 6.36. The van der Waals surface area contributed by atoms with Crippen LogP contribution in [0.4, 0.5) is 0 Å². The van der Waals surface area contributed by atoms with E-state index >= 15 is 0 Å². The number of benzene rings is 1. The van der Waals surface area contributed by atoms with Crippen molar-refractivity contribution >= 4 is 11.9 Å². The minimum Gasteiger partial charge on any atom is -0.468 e. The Balaban J connectivity index is 3.17. The molecule has 0 spiro atoms. The molecule has 0 bridgehead atoms. The van der Waals surface area contributed by atoms with Crippen molar-refractivity contribution in [1.29, 1.82) is 0 Å². The lowest BCUT2D eigenvalue weighted by Crippen LogP contribution is -2.42. The summed E-state index contributed by atoms with van der Waals surface area (Å²) in [5.41, 5.74) is 0.729. The molecule has 1 aromatic rings. The van der Waals surface area contributed by atoms with Gasteiger partial charge in [0, 0.05) is 0 Å². The van der Waals surface area contributed by atoms with Crippen LogP contribution in [0.3, 0.4) is 0 Å². The Morgan fingerprint density at radius 1 is 1.16 bits per heavy atom. The summed E-state index contributed by atoms with van der Waals surface area (Å²) in [6.07, 6.45) is 0.616. The molecule has 0 radical (unpaired) electrons. The van der Waals surface area contributed by atoms with Crippen molar-refractivity contribution in [2.45, 2.75) is 26.7 Å². The molecule has 0 unspecified atom stereocenters. The average Bonchev–Trinajstić information content (AvgIpc) is 2.43. The number of aryl methyl sites for hydroxylation is 1. The highest BCUT2D eigenvalue weighted by atomic mass is 16.5. The molecule has 0 N–H and O–H groups in total. The minimum absolute atomic E-state index is 0.282. The van der Waals surface area contributed by atoms with Gasteiger partial charge >= 0.3 is 11.9 Å². The molecule has 4 nitrogen and oxygen atoms in total. The first-order valence-corrected chi connectivity index (χ1v) is 6.22. The third-order valence-electron chi connectivity index (χ3n) is 3.34. The molecule has 0 heterocycles. The maximum Gasteiger partial charge on any atom is 0.323 e. The molecule has 0 saturated carbocycles. The summed E-state index contributed by atoms with van der Waals surface area (Å²) >= 11 is 0. The minimum atomic E-state index is -1.27. The molecule has 1 rings (SSSR count). The zero-order chi connectivity index (χ0) is 14.5. The van der Waals surface area contributed by atoms with Gasteiger partial charge in [-0.1, -0.05) is 36.8 Å². The van der Waals surface area contributed by atoms with Crippen molar-refractivity contribution in [1.82, 2.24) is 0 Å². The van der Waals surface area contributed by atoms with E-state index in [9.17, 15) is 9.59 Å². The lowest BCUT2D eigenvalue weighted by atomic mass is 9.79. The molecule has 0 aliphatic heterocycles. The van der Waals surface area contributed by atoms with Gasteiger partial charge in [0.15, 0.2) is 5.41 Å². The lowest BCUT2D eigenvalue weighted by Gasteiger charge is -2.27. The summed E-state index contributed by atoms with van der Waals surface area (Å²) < 4.78 is 9.58. The van der Waals surface area contributed by atoms with Crippen LogP contribution in [0.15, 0.2) is 24.3 Å². The highest BCUT2D eigenvalue weighted by Gasteiger charge is 2.46. The summed E-state index contributed by atoms with van der Waals surface area (Å²) in [7, 11) is 2.57. The molecule has 19 heavy (non-hydrogen) atoms. The number of rotatable bonds is 5. The Kier molecular flexibility index (Phi) is 5.10. The van der Waals surface area contributed by atoms with Crippen LogP contribution in [0.2, 0.25) is 0 Å². The second-order valence-electron chi connectivity index (χ2n) is 4.58. The van der Waals surface area contributed by atoms with Gasteiger partial charge in [0.2, 0.25) is 0 Å². The first-order valence-electron chi connectivity index (χ1n) is 6.22. The van der Waals surface area contributed by atoms with Crippen LogP contribution in [-0.2, 0) is 25.5 Å². The number of carbonyl (C=O) groups excluding carboxylic acids is 2. The van der Waals surface area contributed by atoms with Crippen LogP contribution in [0, 0.1) is 12.3 Å². The van der Waals surface area contributed by atoms with Crippen LogP contribution in [0.1, 0.15) is 24.5 Å². The maximum atomic E-state index is 12.0. The van der Waals surface area contributed by atoms with Gasteiger partial charge in [-0.2, -0.15) is 0 Å². The molecular formula is C15H20O4. The molecule has 104 valence electrons. The summed E-state index contributed by atoms with van der Waals surface area (Å²) in [4.78, 5) is 24.1. The molecule has 0 aliphatic carbocycles. The summed E-state index contributed by atoms with van der Waals surface area (Å²) in [6.45, 7) is 3.75. The van der Waals surface area contributed by atoms with Gasteiger partial charge in [-0.15, -0.1) is 0 Å². The van der Waals surface area contributed by atoms with E-state index in [1.54, 1.807) is 6.92 Å². The Hall–Kier alpha value is -1.84. The van der Waals surface area contributed by atoms with E-state index in [-0.39, 0.29) is 6.42 Å². The van der Waals surface area contributed by atoms with Crippen molar-refractivity contribution in [3.05, 3.63) is 35.4 Å². The van der Waals surface area contributed by atoms with Crippen LogP contribution in [0.5, 0.6) is 0 Å². The van der Waals surface area contributed by atoms with Crippen LogP contribution < -0.4 is 0 Å².